The summed E-state index contributed by atoms with van der Waals surface area (Å²) in [5.74, 6) is 0. The van der Waals surface area contributed by atoms with Crippen molar-refractivity contribution >= 4 is 0 Å². The van der Waals surface area contributed by atoms with E-state index in [1.807, 2.05) is 12.4 Å². The standard InChI is InChI=1S/C11H20N2O/c1-3-4-5-6-7-8-13-10-9-12(2)11(13)14/h9-10H,3-8H2,1-2H3. The molecule has 0 N–H and O–H groups in total. The molecule has 1 rings (SSSR count). The lowest BCUT2D eigenvalue weighted by atomic mass is 10.1. The molecule has 0 spiro atoms. The second-order valence-electron chi connectivity index (χ2n) is 3.80. The van der Waals surface area contributed by atoms with Crippen LogP contribution < -0.4 is 5.69 Å². The van der Waals surface area contributed by atoms with Crippen LogP contribution in [-0.4, -0.2) is 9.13 Å². The van der Waals surface area contributed by atoms with Gasteiger partial charge >= 0.3 is 5.69 Å². The van der Waals surface area contributed by atoms with Gasteiger partial charge in [0.05, 0.1) is 0 Å². The summed E-state index contributed by atoms with van der Waals surface area (Å²) in [4.78, 5) is 11.4. The lowest BCUT2D eigenvalue weighted by Crippen LogP contribution is -2.21. The topological polar surface area (TPSA) is 26.9 Å². The molecular formula is C11H20N2O. The summed E-state index contributed by atoms with van der Waals surface area (Å²) in [6.07, 6.45) is 9.89. The molecular weight excluding hydrogens is 176 g/mol. The maximum atomic E-state index is 11.4. The van der Waals surface area contributed by atoms with Gasteiger partial charge in [0.15, 0.2) is 0 Å². The fraction of sp³-hybridized carbons (Fsp3) is 0.727. The fourth-order valence-electron chi connectivity index (χ4n) is 1.57. The molecule has 0 aliphatic carbocycles. The molecule has 3 nitrogen and oxygen atoms in total. The van der Waals surface area contributed by atoms with Crippen LogP contribution in [0.1, 0.15) is 39.0 Å². The Morgan fingerprint density at radius 2 is 1.86 bits per heavy atom. The summed E-state index contributed by atoms with van der Waals surface area (Å²) in [6.45, 7) is 3.07. The van der Waals surface area contributed by atoms with Crippen LogP contribution in [0.25, 0.3) is 0 Å². The van der Waals surface area contributed by atoms with E-state index in [0.717, 1.165) is 13.0 Å². The number of rotatable bonds is 6. The van der Waals surface area contributed by atoms with E-state index >= 15 is 0 Å². The molecule has 0 radical (unpaired) electrons. The van der Waals surface area contributed by atoms with E-state index in [0.29, 0.717) is 0 Å². The molecule has 0 aliphatic rings. The first-order valence-corrected chi connectivity index (χ1v) is 5.47. The Kier molecular flexibility index (Phi) is 4.50. The number of unbranched alkanes of at least 4 members (excludes halogenated alkanes) is 4. The predicted octanol–water partition coefficient (Wildman–Crippen LogP) is 2.16. The fourth-order valence-corrected chi connectivity index (χ4v) is 1.57. The number of aromatic nitrogens is 2. The Morgan fingerprint density at radius 1 is 1.14 bits per heavy atom. The van der Waals surface area contributed by atoms with Gasteiger partial charge in [0.1, 0.15) is 0 Å². The Morgan fingerprint density at radius 3 is 2.43 bits per heavy atom. The molecule has 0 bridgehead atoms. The zero-order valence-electron chi connectivity index (χ0n) is 9.20. The molecule has 80 valence electrons. The van der Waals surface area contributed by atoms with Gasteiger partial charge in [-0.05, 0) is 6.42 Å². The zero-order valence-corrected chi connectivity index (χ0v) is 9.20. The molecule has 0 aromatic carbocycles. The highest BCUT2D eigenvalue weighted by molar-refractivity contribution is 4.79. The number of hydrogen-bond acceptors (Lipinski definition) is 1. The van der Waals surface area contributed by atoms with Gasteiger partial charge in [0.2, 0.25) is 0 Å². The summed E-state index contributed by atoms with van der Waals surface area (Å²) in [5.41, 5.74) is 0.0977. The van der Waals surface area contributed by atoms with Crippen LogP contribution in [0, 0.1) is 0 Å². The zero-order chi connectivity index (χ0) is 10.4. The smallest absolute Gasteiger partial charge is 0.302 e. The van der Waals surface area contributed by atoms with E-state index in [2.05, 4.69) is 6.92 Å². The van der Waals surface area contributed by atoms with Crippen LogP contribution in [0.15, 0.2) is 17.2 Å². The van der Waals surface area contributed by atoms with Crippen LogP contribution >= 0.6 is 0 Å². The normalized spacial score (nSPS) is 10.7. The third-order valence-electron chi connectivity index (χ3n) is 2.52. The number of aryl methyl sites for hydroxylation is 2. The molecule has 14 heavy (non-hydrogen) atoms. The maximum absolute atomic E-state index is 11.4. The summed E-state index contributed by atoms with van der Waals surface area (Å²) < 4.78 is 3.40. The van der Waals surface area contributed by atoms with E-state index < -0.39 is 0 Å². The van der Waals surface area contributed by atoms with E-state index in [4.69, 9.17) is 0 Å². The van der Waals surface area contributed by atoms with Gasteiger partial charge in [-0.1, -0.05) is 32.6 Å². The first-order chi connectivity index (χ1) is 6.75. The molecule has 0 saturated carbocycles. The largest absolute Gasteiger partial charge is 0.327 e. The van der Waals surface area contributed by atoms with Crippen molar-refractivity contribution in [3.05, 3.63) is 22.9 Å². The summed E-state index contributed by atoms with van der Waals surface area (Å²) >= 11 is 0. The van der Waals surface area contributed by atoms with Crippen molar-refractivity contribution in [1.82, 2.24) is 9.13 Å². The molecule has 1 aromatic rings. The maximum Gasteiger partial charge on any atom is 0.327 e. The first kappa shape index (κ1) is 11.1. The average Bonchev–Trinajstić information content (AvgIpc) is 2.49. The van der Waals surface area contributed by atoms with Crippen molar-refractivity contribution in [2.45, 2.75) is 45.6 Å². The predicted molar refractivity (Wildman–Crippen MR) is 58.4 cm³/mol. The van der Waals surface area contributed by atoms with Crippen molar-refractivity contribution in [2.75, 3.05) is 0 Å². The molecule has 0 saturated heterocycles. The van der Waals surface area contributed by atoms with Crippen LogP contribution in [0.4, 0.5) is 0 Å². The minimum Gasteiger partial charge on any atom is -0.302 e. The SMILES string of the molecule is CCCCCCCn1ccn(C)c1=O. The van der Waals surface area contributed by atoms with Crippen molar-refractivity contribution in [3.63, 3.8) is 0 Å². The molecule has 1 aromatic heterocycles. The lowest BCUT2D eigenvalue weighted by molar-refractivity contribution is 0.553. The minimum atomic E-state index is 0.0977. The average molecular weight is 196 g/mol. The van der Waals surface area contributed by atoms with Crippen LogP contribution in [0.5, 0.6) is 0 Å². The van der Waals surface area contributed by atoms with Crippen molar-refractivity contribution < 1.29 is 0 Å². The van der Waals surface area contributed by atoms with Crippen LogP contribution in [0.3, 0.4) is 0 Å². The van der Waals surface area contributed by atoms with Gasteiger partial charge in [-0.3, -0.25) is 4.57 Å². The Balaban J connectivity index is 2.25. The molecule has 3 heteroatoms. The first-order valence-electron chi connectivity index (χ1n) is 5.47. The number of imidazole rings is 1. The molecule has 0 unspecified atom stereocenters. The van der Waals surface area contributed by atoms with Gasteiger partial charge in [0.25, 0.3) is 0 Å². The molecule has 0 aliphatic heterocycles. The number of nitrogens with zero attached hydrogens (tertiary/aromatic N) is 2. The third kappa shape index (κ3) is 3.05. The highest BCUT2D eigenvalue weighted by Crippen LogP contribution is 2.03. The van der Waals surface area contributed by atoms with E-state index in [9.17, 15) is 4.79 Å². The molecule has 0 amide bonds. The lowest BCUT2D eigenvalue weighted by Gasteiger charge is -2.00. The van der Waals surface area contributed by atoms with Crippen molar-refractivity contribution in [2.24, 2.45) is 7.05 Å². The highest BCUT2D eigenvalue weighted by Gasteiger charge is 1.98. The highest BCUT2D eigenvalue weighted by atomic mass is 16.1. The van der Waals surface area contributed by atoms with Gasteiger partial charge in [-0.25, -0.2) is 4.79 Å². The quantitative estimate of drug-likeness (QED) is 0.640. The summed E-state index contributed by atoms with van der Waals surface area (Å²) in [6, 6.07) is 0. The summed E-state index contributed by atoms with van der Waals surface area (Å²) in [7, 11) is 1.79. The summed E-state index contributed by atoms with van der Waals surface area (Å²) in [5, 5.41) is 0. The minimum absolute atomic E-state index is 0.0977. The van der Waals surface area contributed by atoms with Gasteiger partial charge in [-0.15, -0.1) is 0 Å². The van der Waals surface area contributed by atoms with Crippen molar-refractivity contribution in [1.29, 1.82) is 0 Å². The molecule has 0 atom stereocenters. The van der Waals surface area contributed by atoms with Gasteiger partial charge in [0, 0.05) is 26.0 Å². The van der Waals surface area contributed by atoms with Gasteiger partial charge in [-0.2, -0.15) is 0 Å². The molecule has 0 fully saturated rings. The Labute approximate surface area is 85.4 Å². The van der Waals surface area contributed by atoms with Crippen LogP contribution in [-0.2, 0) is 13.6 Å². The van der Waals surface area contributed by atoms with E-state index in [1.54, 1.807) is 16.2 Å². The van der Waals surface area contributed by atoms with Gasteiger partial charge < -0.3 is 4.57 Å². The van der Waals surface area contributed by atoms with E-state index in [1.165, 1.54) is 25.7 Å². The second-order valence-corrected chi connectivity index (χ2v) is 3.80. The van der Waals surface area contributed by atoms with E-state index in [-0.39, 0.29) is 5.69 Å². The number of hydrogen-bond donors (Lipinski definition) is 0. The van der Waals surface area contributed by atoms with Crippen LogP contribution in [0.2, 0.25) is 0 Å². The Hall–Kier alpha value is -0.990. The molecule has 1 heterocycles. The van der Waals surface area contributed by atoms with Crippen molar-refractivity contribution in [3.8, 4) is 0 Å². The third-order valence-corrected chi connectivity index (χ3v) is 2.52. The monoisotopic (exact) mass is 196 g/mol. The Bertz CT molecular complexity index is 311. The second kappa shape index (κ2) is 5.68.